The number of amides is 3. The second kappa shape index (κ2) is 9.35. The summed E-state index contributed by atoms with van der Waals surface area (Å²) in [6, 6.07) is 6.01. The summed E-state index contributed by atoms with van der Waals surface area (Å²) in [6.07, 6.45) is 4.43. The zero-order valence-corrected chi connectivity index (χ0v) is 17.7. The Morgan fingerprint density at radius 2 is 1.79 bits per heavy atom. The SMILES string of the molecule is CCc1cccc(C)c1NC(=S)NNC(=O)CCN1C(=O)[C@H]2CCCC[C@H]2C1=O. The van der Waals surface area contributed by atoms with Gasteiger partial charge in [0.1, 0.15) is 0 Å². The van der Waals surface area contributed by atoms with Gasteiger partial charge in [0.05, 0.1) is 11.8 Å². The maximum absolute atomic E-state index is 12.5. The molecule has 156 valence electrons. The minimum Gasteiger partial charge on any atom is -0.331 e. The molecule has 7 nitrogen and oxygen atoms in total. The molecular formula is C21H28N4O3S. The van der Waals surface area contributed by atoms with Crippen molar-refractivity contribution in [2.45, 2.75) is 52.4 Å². The first-order chi connectivity index (χ1) is 13.9. The van der Waals surface area contributed by atoms with E-state index < -0.39 is 0 Å². The quantitative estimate of drug-likeness (QED) is 0.388. The molecule has 3 N–H and O–H groups in total. The summed E-state index contributed by atoms with van der Waals surface area (Å²) in [6.45, 7) is 4.16. The van der Waals surface area contributed by atoms with Gasteiger partial charge in [-0.2, -0.15) is 0 Å². The van der Waals surface area contributed by atoms with E-state index in [-0.39, 0.29) is 47.6 Å². The smallest absolute Gasteiger partial charge is 0.240 e. The lowest BCUT2D eigenvalue weighted by Gasteiger charge is -2.19. The zero-order chi connectivity index (χ0) is 21.0. The summed E-state index contributed by atoms with van der Waals surface area (Å²) in [5.41, 5.74) is 8.35. The van der Waals surface area contributed by atoms with E-state index in [1.54, 1.807) is 0 Å². The number of aryl methyl sites for hydroxylation is 2. The van der Waals surface area contributed by atoms with Crippen LogP contribution in [0, 0.1) is 18.8 Å². The number of hydrazine groups is 1. The second-order valence-electron chi connectivity index (χ2n) is 7.67. The van der Waals surface area contributed by atoms with Crippen LogP contribution >= 0.6 is 12.2 Å². The van der Waals surface area contributed by atoms with Gasteiger partial charge in [-0.05, 0) is 49.5 Å². The fraction of sp³-hybridized carbons (Fsp3) is 0.524. The van der Waals surface area contributed by atoms with Crippen molar-refractivity contribution < 1.29 is 14.4 Å². The van der Waals surface area contributed by atoms with Gasteiger partial charge in [0.15, 0.2) is 5.11 Å². The van der Waals surface area contributed by atoms with Gasteiger partial charge in [-0.3, -0.25) is 30.1 Å². The Morgan fingerprint density at radius 1 is 1.14 bits per heavy atom. The van der Waals surface area contributed by atoms with Crippen LogP contribution in [0.25, 0.3) is 0 Å². The number of hydrogen-bond donors (Lipinski definition) is 3. The van der Waals surface area contributed by atoms with Gasteiger partial charge >= 0.3 is 0 Å². The van der Waals surface area contributed by atoms with Gasteiger partial charge in [-0.15, -0.1) is 0 Å². The third-order valence-corrected chi connectivity index (χ3v) is 5.99. The van der Waals surface area contributed by atoms with E-state index in [9.17, 15) is 14.4 Å². The maximum atomic E-state index is 12.5. The summed E-state index contributed by atoms with van der Waals surface area (Å²) in [4.78, 5) is 38.3. The molecule has 2 atom stereocenters. The van der Waals surface area contributed by atoms with Crippen LogP contribution in [-0.2, 0) is 20.8 Å². The number of hydrogen-bond acceptors (Lipinski definition) is 4. The first-order valence-corrected chi connectivity index (χ1v) is 10.6. The average Bonchev–Trinajstić information content (AvgIpc) is 2.96. The first kappa shape index (κ1) is 21.2. The van der Waals surface area contributed by atoms with Crippen LogP contribution in [0.2, 0.25) is 0 Å². The van der Waals surface area contributed by atoms with Gasteiger partial charge in [0, 0.05) is 18.7 Å². The number of rotatable bonds is 5. The van der Waals surface area contributed by atoms with Crippen molar-refractivity contribution >= 4 is 40.7 Å². The first-order valence-electron chi connectivity index (χ1n) is 10.2. The number of para-hydroxylation sites is 1. The van der Waals surface area contributed by atoms with E-state index in [2.05, 4.69) is 23.1 Å². The zero-order valence-electron chi connectivity index (χ0n) is 16.9. The lowest BCUT2D eigenvalue weighted by atomic mass is 9.81. The number of anilines is 1. The molecule has 0 radical (unpaired) electrons. The topological polar surface area (TPSA) is 90.5 Å². The molecule has 29 heavy (non-hydrogen) atoms. The Morgan fingerprint density at radius 3 is 2.41 bits per heavy atom. The lowest BCUT2D eigenvalue weighted by Crippen LogP contribution is -2.45. The van der Waals surface area contributed by atoms with Crippen LogP contribution in [0.1, 0.15) is 50.2 Å². The van der Waals surface area contributed by atoms with Crippen molar-refractivity contribution in [1.29, 1.82) is 0 Å². The van der Waals surface area contributed by atoms with Gasteiger partial charge in [-0.25, -0.2) is 0 Å². The Hall–Kier alpha value is -2.48. The Kier molecular flexibility index (Phi) is 6.84. The summed E-state index contributed by atoms with van der Waals surface area (Å²) in [5.74, 6) is -0.939. The molecule has 1 heterocycles. The van der Waals surface area contributed by atoms with Crippen LogP contribution in [0.5, 0.6) is 0 Å². The van der Waals surface area contributed by atoms with Crippen molar-refractivity contribution in [2.75, 3.05) is 11.9 Å². The van der Waals surface area contributed by atoms with E-state index in [0.29, 0.717) is 0 Å². The fourth-order valence-electron chi connectivity index (χ4n) is 4.20. The Labute approximate surface area is 176 Å². The molecule has 1 aromatic rings. The van der Waals surface area contributed by atoms with Crippen LogP contribution in [-0.4, -0.2) is 34.3 Å². The molecule has 2 aliphatic rings. The molecule has 1 aliphatic heterocycles. The minimum atomic E-state index is -0.329. The number of likely N-dealkylation sites (tertiary alicyclic amines) is 1. The largest absolute Gasteiger partial charge is 0.331 e. The molecule has 1 aliphatic carbocycles. The number of nitrogens with zero attached hydrogens (tertiary/aromatic N) is 1. The van der Waals surface area contributed by atoms with Crippen molar-refractivity contribution in [3.05, 3.63) is 29.3 Å². The summed E-state index contributed by atoms with van der Waals surface area (Å²) in [7, 11) is 0. The van der Waals surface area contributed by atoms with Crippen LogP contribution in [0.3, 0.4) is 0 Å². The normalized spacial score (nSPS) is 21.0. The fourth-order valence-corrected chi connectivity index (χ4v) is 4.35. The predicted octanol–water partition coefficient (Wildman–Crippen LogP) is 2.44. The number of imide groups is 1. The number of benzene rings is 1. The number of carbonyl (C=O) groups excluding carboxylic acids is 3. The minimum absolute atomic E-state index is 0.0388. The highest BCUT2D eigenvalue weighted by molar-refractivity contribution is 7.80. The third-order valence-electron chi connectivity index (χ3n) is 5.79. The summed E-state index contributed by atoms with van der Waals surface area (Å²) in [5, 5.41) is 3.40. The van der Waals surface area contributed by atoms with Gasteiger partial charge < -0.3 is 5.32 Å². The monoisotopic (exact) mass is 416 g/mol. The molecule has 0 aromatic heterocycles. The lowest BCUT2D eigenvalue weighted by molar-refractivity contribution is -0.140. The molecule has 1 aromatic carbocycles. The van der Waals surface area contributed by atoms with Crippen molar-refractivity contribution in [1.82, 2.24) is 15.8 Å². The van der Waals surface area contributed by atoms with E-state index in [4.69, 9.17) is 12.2 Å². The average molecular weight is 417 g/mol. The van der Waals surface area contributed by atoms with E-state index >= 15 is 0 Å². The van der Waals surface area contributed by atoms with E-state index in [0.717, 1.165) is 48.9 Å². The van der Waals surface area contributed by atoms with Crippen LogP contribution in [0.4, 0.5) is 5.69 Å². The highest BCUT2D eigenvalue weighted by atomic mass is 32.1. The molecule has 0 bridgehead atoms. The molecular weight excluding hydrogens is 388 g/mol. The van der Waals surface area contributed by atoms with Crippen LogP contribution < -0.4 is 16.2 Å². The molecule has 3 rings (SSSR count). The third kappa shape index (κ3) is 4.75. The molecule has 1 saturated heterocycles. The Balaban J connectivity index is 1.46. The molecule has 3 amide bonds. The predicted molar refractivity (Wildman–Crippen MR) is 115 cm³/mol. The van der Waals surface area contributed by atoms with Crippen molar-refractivity contribution in [2.24, 2.45) is 11.8 Å². The molecule has 1 saturated carbocycles. The maximum Gasteiger partial charge on any atom is 0.240 e. The van der Waals surface area contributed by atoms with Gasteiger partial charge in [0.2, 0.25) is 17.7 Å². The highest BCUT2D eigenvalue weighted by Gasteiger charge is 2.47. The highest BCUT2D eigenvalue weighted by Crippen LogP contribution is 2.37. The number of carbonyl (C=O) groups is 3. The summed E-state index contributed by atoms with van der Waals surface area (Å²) >= 11 is 5.26. The van der Waals surface area contributed by atoms with E-state index in [1.165, 1.54) is 4.90 Å². The van der Waals surface area contributed by atoms with E-state index in [1.807, 2.05) is 25.1 Å². The molecule has 0 unspecified atom stereocenters. The van der Waals surface area contributed by atoms with Crippen LogP contribution in [0.15, 0.2) is 18.2 Å². The van der Waals surface area contributed by atoms with Crippen molar-refractivity contribution in [3.8, 4) is 0 Å². The van der Waals surface area contributed by atoms with Crippen molar-refractivity contribution in [3.63, 3.8) is 0 Å². The van der Waals surface area contributed by atoms with Gasteiger partial charge in [0.25, 0.3) is 0 Å². The Bertz CT molecular complexity index is 802. The molecule has 0 spiro atoms. The standard InChI is InChI=1S/C21H28N4O3S/c1-3-14-8-6-7-13(2)18(14)22-21(29)24-23-17(26)11-12-25-19(27)15-9-4-5-10-16(15)20(25)28/h6-8,15-16H,3-5,9-12H2,1-2H3,(H,23,26)(H2,22,24,29)/t15-,16+. The molecule has 2 fully saturated rings. The molecule has 8 heteroatoms. The number of fused-ring (bicyclic) bond motifs is 1. The number of thiocarbonyl (C=S) groups is 1. The second-order valence-corrected chi connectivity index (χ2v) is 8.07. The number of nitrogens with one attached hydrogen (secondary N) is 3. The summed E-state index contributed by atoms with van der Waals surface area (Å²) < 4.78 is 0. The van der Waals surface area contributed by atoms with Gasteiger partial charge in [-0.1, -0.05) is 38.0 Å².